The summed E-state index contributed by atoms with van der Waals surface area (Å²) in [4.78, 5) is 9.10. The highest BCUT2D eigenvalue weighted by molar-refractivity contribution is 5.80. The van der Waals surface area contributed by atoms with Crippen molar-refractivity contribution in [2.24, 2.45) is 4.99 Å². The summed E-state index contributed by atoms with van der Waals surface area (Å²) < 4.78 is 20.4. The average Bonchev–Trinajstić information content (AvgIpc) is 3.31. The zero-order valence-electron chi connectivity index (χ0n) is 18.5. The van der Waals surface area contributed by atoms with Crippen molar-refractivity contribution in [3.63, 3.8) is 0 Å². The molecule has 0 bridgehead atoms. The highest BCUT2D eigenvalue weighted by Gasteiger charge is 2.21. The zero-order valence-corrected chi connectivity index (χ0v) is 18.5. The Labute approximate surface area is 188 Å². The molecule has 1 N–H and O–H groups in total. The van der Waals surface area contributed by atoms with Crippen molar-refractivity contribution in [2.45, 2.75) is 6.42 Å². The van der Waals surface area contributed by atoms with Crippen LogP contribution in [0.3, 0.4) is 0 Å². The van der Waals surface area contributed by atoms with E-state index in [0.717, 1.165) is 67.9 Å². The van der Waals surface area contributed by atoms with Gasteiger partial charge in [-0.25, -0.2) is 9.07 Å². The summed E-state index contributed by atoms with van der Waals surface area (Å²) >= 11 is 0. The van der Waals surface area contributed by atoms with Gasteiger partial charge in [-0.1, -0.05) is 12.1 Å². The number of aliphatic imine (C=N–C) groups is 1. The lowest BCUT2D eigenvalue weighted by atomic mass is 10.2. The van der Waals surface area contributed by atoms with E-state index in [2.05, 4.69) is 31.3 Å². The number of halogens is 1. The van der Waals surface area contributed by atoms with Gasteiger partial charge < -0.3 is 19.9 Å². The van der Waals surface area contributed by atoms with Crippen LogP contribution >= 0.6 is 0 Å². The predicted molar refractivity (Wildman–Crippen MR) is 125 cm³/mol. The number of piperazine rings is 1. The molecule has 0 aliphatic carbocycles. The van der Waals surface area contributed by atoms with Gasteiger partial charge in [-0.05, 0) is 42.5 Å². The van der Waals surface area contributed by atoms with Crippen LogP contribution < -0.4 is 15.0 Å². The standard InChI is InChI=1S/C24H29FN6O/c1-26-24(30-17-15-29(16-18-30)22-5-3-4-6-23(22)32-2)27-13-11-20-12-14-31(28-20)21-9-7-19(25)8-10-21/h3-10,12,14H,11,13,15-18H2,1-2H3,(H,26,27). The maximum Gasteiger partial charge on any atom is 0.193 e. The molecular formula is C24H29FN6O. The van der Waals surface area contributed by atoms with Crippen LogP contribution in [-0.2, 0) is 6.42 Å². The molecule has 2 aromatic carbocycles. The minimum absolute atomic E-state index is 0.250. The Bertz CT molecular complexity index is 1040. The van der Waals surface area contributed by atoms with Gasteiger partial charge in [0.2, 0.25) is 0 Å². The molecule has 1 aliphatic heterocycles. The lowest BCUT2D eigenvalue weighted by Crippen LogP contribution is -2.52. The van der Waals surface area contributed by atoms with E-state index < -0.39 is 0 Å². The summed E-state index contributed by atoms with van der Waals surface area (Å²) in [6.45, 7) is 4.32. The van der Waals surface area contributed by atoms with E-state index in [1.807, 2.05) is 37.5 Å². The Hall–Kier alpha value is -3.55. The molecule has 0 atom stereocenters. The predicted octanol–water partition coefficient (Wildman–Crippen LogP) is 2.96. The Balaban J connectivity index is 1.27. The molecule has 0 radical (unpaired) electrons. The van der Waals surface area contributed by atoms with Crippen LogP contribution in [0.15, 0.2) is 65.8 Å². The van der Waals surface area contributed by atoms with Gasteiger partial charge >= 0.3 is 0 Å². The van der Waals surface area contributed by atoms with Crippen LogP contribution in [0.5, 0.6) is 5.75 Å². The van der Waals surface area contributed by atoms with E-state index in [1.165, 1.54) is 12.1 Å². The Morgan fingerprint density at radius 1 is 1.06 bits per heavy atom. The number of nitrogens with one attached hydrogen (secondary N) is 1. The van der Waals surface area contributed by atoms with Gasteiger partial charge in [-0.3, -0.25) is 4.99 Å². The molecule has 0 spiro atoms. The molecule has 168 valence electrons. The third-order valence-electron chi connectivity index (χ3n) is 5.62. The highest BCUT2D eigenvalue weighted by Crippen LogP contribution is 2.28. The molecule has 32 heavy (non-hydrogen) atoms. The summed E-state index contributed by atoms with van der Waals surface area (Å²) in [6.07, 6.45) is 2.67. The topological polar surface area (TPSA) is 57.9 Å². The maximum atomic E-state index is 13.1. The fourth-order valence-corrected chi connectivity index (χ4v) is 3.92. The van der Waals surface area contributed by atoms with Crippen molar-refractivity contribution in [1.82, 2.24) is 20.0 Å². The number of hydrogen-bond donors (Lipinski definition) is 1. The monoisotopic (exact) mass is 436 g/mol. The minimum atomic E-state index is -0.250. The molecule has 1 aliphatic rings. The summed E-state index contributed by atoms with van der Waals surface area (Å²) in [5.74, 6) is 1.56. The van der Waals surface area contributed by atoms with Crippen LogP contribution in [0.4, 0.5) is 10.1 Å². The van der Waals surface area contributed by atoms with E-state index in [0.29, 0.717) is 0 Å². The molecule has 2 heterocycles. The molecular weight excluding hydrogens is 407 g/mol. The van der Waals surface area contributed by atoms with Crippen molar-refractivity contribution in [3.8, 4) is 11.4 Å². The summed E-state index contributed by atoms with van der Waals surface area (Å²) in [6, 6.07) is 16.4. The summed E-state index contributed by atoms with van der Waals surface area (Å²) in [7, 11) is 3.53. The molecule has 0 amide bonds. The number of guanidine groups is 1. The summed E-state index contributed by atoms with van der Waals surface area (Å²) in [5, 5.41) is 8.04. The zero-order chi connectivity index (χ0) is 22.3. The van der Waals surface area contributed by atoms with Gasteiger partial charge in [-0.15, -0.1) is 0 Å². The first-order valence-electron chi connectivity index (χ1n) is 10.8. The number of rotatable bonds is 6. The van der Waals surface area contributed by atoms with Crippen LogP contribution in [0.1, 0.15) is 5.69 Å². The number of ether oxygens (including phenoxy) is 1. The first-order valence-corrected chi connectivity index (χ1v) is 10.8. The molecule has 1 aromatic heterocycles. The number of benzene rings is 2. The van der Waals surface area contributed by atoms with E-state index in [4.69, 9.17) is 4.74 Å². The minimum Gasteiger partial charge on any atom is -0.495 e. The fraction of sp³-hybridized carbons (Fsp3) is 0.333. The molecule has 7 nitrogen and oxygen atoms in total. The fourth-order valence-electron chi connectivity index (χ4n) is 3.92. The van der Waals surface area contributed by atoms with Crippen molar-refractivity contribution >= 4 is 11.6 Å². The van der Waals surface area contributed by atoms with Crippen LogP contribution in [-0.4, -0.2) is 67.5 Å². The first kappa shape index (κ1) is 21.7. The molecule has 1 saturated heterocycles. The molecule has 0 unspecified atom stereocenters. The SMILES string of the molecule is CN=C(NCCc1ccn(-c2ccc(F)cc2)n1)N1CCN(c2ccccc2OC)CC1. The van der Waals surface area contributed by atoms with Gasteiger partial charge in [0.1, 0.15) is 11.6 Å². The lowest BCUT2D eigenvalue weighted by Gasteiger charge is -2.38. The third kappa shape index (κ3) is 5.01. The van der Waals surface area contributed by atoms with Gasteiger partial charge in [-0.2, -0.15) is 5.10 Å². The Morgan fingerprint density at radius 3 is 2.53 bits per heavy atom. The van der Waals surface area contributed by atoms with Crippen LogP contribution in [0.2, 0.25) is 0 Å². The van der Waals surface area contributed by atoms with Gasteiger partial charge in [0, 0.05) is 52.4 Å². The second-order valence-electron chi connectivity index (χ2n) is 7.60. The van der Waals surface area contributed by atoms with Crippen molar-refractivity contribution < 1.29 is 9.13 Å². The Morgan fingerprint density at radius 2 is 1.81 bits per heavy atom. The second kappa shape index (κ2) is 10.2. The summed E-state index contributed by atoms with van der Waals surface area (Å²) in [5.41, 5.74) is 2.95. The molecule has 3 aromatic rings. The first-order chi connectivity index (χ1) is 15.7. The van der Waals surface area contributed by atoms with Crippen molar-refractivity contribution in [2.75, 3.05) is 51.8 Å². The molecule has 0 saturated carbocycles. The van der Waals surface area contributed by atoms with Crippen LogP contribution in [0, 0.1) is 5.82 Å². The average molecular weight is 437 g/mol. The van der Waals surface area contributed by atoms with Crippen molar-refractivity contribution in [1.29, 1.82) is 0 Å². The van der Waals surface area contributed by atoms with Gasteiger partial charge in [0.05, 0.1) is 24.2 Å². The number of nitrogens with zero attached hydrogens (tertiary/aromatic N) is 5. The smallest absolute Gasteiger partial charge is 0.193 e. The Kier molecular flexibility index (Phi) is 6.89. The van der Waals surface area contributed by atoms with Gasteiger partial charge in [0.25, 0.3) is 0 Å². The number of hydrogen-bond acceptors (Lipinski definition) is 4. The quantitative estimate of drug-likeness (QED) is 0.476. The van der Waals surface area contributed by atoms with Crippen molar-refractivity contribution in [3.05, 3.63) is 72.3 Å². The number of anilines is 1. The number of methoxy groups -OCH3 is 1. The molecule has 8 heteroatoms. The van der Waals surface area contributed by atoms with Crippen LogP contribution in [0.25, 0.3) is 5.69 Å². The second-order valence-corrected chi connectivity index (χ2v) is 7.60. The molecule has 4 rings (SSSR count). The van der Waals surface area contributed by atoms with E-state index >= 15 is 0 Å². The highest BCUT2D eigenvalue weighted by atomic mass is 19.1. The van der Waals surface area contributed by atoms with Gasteiger partial charge in [0.15, 0.2) is 5.96 Å². The largest absolute Gasteiger partial charge is 0.495 e. The normalized spacial score (nSPS) is 14.5. The number of para-hydroxylation sites is 2. The lowest BCUT2D eigenvalue weighted by molar-refractivity contribution is 0.367. The van der Waals surface area contributed by atoms with E-state index in [9.17, 15) is 4.39 Å². The van der Waals surface area contributed by atoms with E-state index in [-0.39, 0.29) is 5.82 Å². The molecule has 1 fully saturated rings. The number of aromatic nitrogens is 2. The van der Waals surface area contributed by atoms with E-state index in [1.54, 1.807) is 23.9 Å². The third-order valence-corrected chi connectivity index (χ3v) is 5.62. The maximum absolute atomic E-state index is 13.1.